The predicted molar refractivity (Wildman–Crippen MR) is 140 cm³/mol. The second kappa shape index (κ2) is 11.1. The van der Waals surface area contributed by atoms with Crippen molar-refractivity contribution < 1.29 is 4.79 Å². The van der Waals surface area contributed by atoms with Gasteiger partial charge in [0.25, 0.3) is 5.91 Å². The maximum atomic E-state index is 12.8. The predicted octanol–water partition coefficient (Wildman–Crippen LogP) is 6.02. The number of rotatable bonds is 6. The average Bonchev–Trinajstić information content (AvgIpc) is 3.05. The van der Waals surface area contributed by atoms with Crippen LogP contribution in [0.15, 0.2) is 60.7 Å². The molecule has 2 aromatic carbocycles. The molecule has 34 heavy (non-hydrogen) atoms. The van der Waals surface area contributed by atoms with Crippen LogP contribution >= 0.6 is 0 Å². The van der Waals surface area contributed by atoms with Gasteiger partial charge in [0.15, 0.2) is 0 Å². The zero-order valence-corrected chi connectivity index (χ0v) is 20.3. The number of fused-ring (bicyclic) bond motifs is 1. The Bertz CT molecular complexity index is 1080. The summed E-state index contributed by atoms with van der Waals surface area (Å²) < 4.78 is 2.43. The van der Waals surface area contributed by atoms with Gasteiger partial charge in [0.2, 0.25) is 0 Å². The van der Waals surface area contributed by atoms with Gasteiger partial charge < -0.3 is 14.8 Å². The van der Waals surface area contributed by atoms with Gasteiger partial charge in [-0.3, -0.25) is 4.79 Å². The Morgan fingerprint density at radius 1 is 0.794 bits per heavy atom. The van der Waals surface area contributed by atoms with Crippen molar-refractivity contribution >= 4 is 5.91 Å². The second-order valence-corrected chi connectivity index (χ2v) is 9.82. The summed E-state index contributed by atoms with van der Waals surface area (Å²) in [6.07, 6.45) is 11.3. The normalized spacial score (nSPS) is 16.9. The lowest BCUT2D eigenvalue weighted by atomic mass is 10.1. The van der Waals surface area contributed by atoms with E-state index in [1.807, 2.05) is 12.1 Å². The molecule has 0 radical (unpaired) electrons. The van der Waals surface area contributed by atoms with E-state index in [0.717, 1.165) is 43.7 Å². The topological polar surface area (TPSA) is 37.3 Å². The summed E-state index contributed by atoms with van der Waals surface area (Å²) in [4.78, 5) is 15.3. The Labute approximate surface area is 204 Å². The molecule has 2 heterocycles. The minimum absolute atomic E-state index is 0.0241. The van der Waals surface area contributed by atoms with E-state index in [9.17, 15) is 4.79 Å². The van der Waals surface area contributed by atoms with Crippen LogP contribution in [0.3, 0.4) is 0 Å². The van der Waals surface area contributed by atoms with Crippen LogP contribution in [0.2, 0.25) is 0 Å². The van der Waals surface area contributed by atoms with Crippen LogP contribution < -0.4 is 5.32 Å². The number of nitrogens with one attached hydrogen (secondary N) is 1. The van der Waals surface area contributed by atoms with E-state index in [4.69, 9.17) is 0 Å². The zero-order valence-electron chi connectivity index (χ0n) is 20.3. The molecule has 1 aliphatic carbocycles. The van der Waals surface area contributed by atoms with Crippen molar-refractivity contribution in [2.24, 2.45) is 0 Å². The van der Waals surface area contributed by atoms with Crippen LogP contribution in [0.25, 0.3) is 16.9 Å². The Hall–Kier alpha value is -2.85. The van der Waals surface area contributed by atoms with Crippen LogP contribution in [0.1, 0.15) is 66.6 Å². The Kier molecular flexibility index (Phi) is 7.45. The maximum Gasteiger partial charge on any atom is 0.251 e. The fourth-order valence-electron chi connectivity index (χ4n) is 5.54. The van der Waals surface area contributed by atoms with Gasteiger partial charge in [-0.2, -0.15) is 0 Å². The highest BCUT2D eigenvalue weighted by molar-refractivity contribution is 5.94. The second-order valence-electron chi connectivity index (χ2n) is 9.82. The van der Waals surface area contributed by atoms with Gasteiger partial charge in [0.05, 0.1) is 5.69 Å². The molecule has 0 unspecified atom stereocenters. The maximum absolute atomic E-state index is 12.8. The smallest absolute Gasteiger partial charge is 0.251 e. The molecule has 4 heteroatoms. The first-order valence-corrected chi connectivity index (χ1v) is 13.2. The molecule has 1 aromatic heterocycles. The molecule has 1 saturated heterocycles. The van der Waals surface area contributed by atoms with Crippen LogP contribution in [0.5, 0.6) is 0 Å². The standard InChI is InChI=1S/C30H37N3O/c34-30(31-19-22-32-20-9-1-2-10-21-32)25-15-17-27(18-16-25)33-28-14-8-4-7-13-26(28)23-29(33)24-11-5-3-6-12-24/h3,5-6,11-12,15-18,23H,1-2,4,7-10,13-14,19-22H2,(H,31,34). The van der Waals surface area contributed by atoms with Gasteiger partial charge in [-0.05, 0) is 93.1 Å². The molecule has 0 saturated carbocycles. The van der Waals surface area contributed by atoms with Gasteiger partial charge in [0.1, 0.15) is 0 Å². The molecule has 3 aromatic rings. The first kappa shape index (κ1) is 22.9. The molecule has 5 rings (SSSR count). The van der Waals surface area contributed by atoms with Gasteiger partial charge in [-0.1, -0.05) is 49.6 Å². The van der Waals surface area contributed by atoms with Crippen LogP contribution in [0.4, 0.5) is 0 Å². The zero-order chi connectivity index (χ0) is 23.2. The summed E-state index contributed by atoms with van der Waals surface area (Å²) >= 11 is 0. The fraction of sp³-hybridized carbons (Fsp3) is 0.433. The Morgan fingerprint density at radius 3 is 2.26 bits per heavy atom. The molecule has 1 aliphatic heterocycles. The third-order valence-electron chi connectivity index (χ3n) is 7.42. The van der Waals surface area contributed by atoms with E-state index in [2.05, 4.69) is 63.3 Å². The van der Waals surface area contributed by atoms with E-state index in [1.54, 1.807) is 0 Å². The third kappa shape index (κ3) is 5.28. The van der Waals surface area contributed by atoms with E-state index < -0.39 is 0 Å². The van der Waals surface area contributed by atoms with E-state index in [0.29, 0.717) is 6.54 Å². The molecule has 0 atom stereocenters. The van der Waals surface area contributed by atoms with Gasteiger partial charge in [-0.25, -0.2) is 0 Å². The Morgan fingerprint density at radius 2 is 1.50 bits per heavy atom. The lowest BCUT2D eigenvalue weighted by molar-refractivity contribution is 0.0948. The fourth-order valence-corrected chi connectivity index (χ4v) is 5.54. The molecule has 0 bridgehead atoms. The minimum Gasteiger partial charge on any atom is -0.351 e. The highest BCUT2D eigenvalue weighted by Gasteiger charge is 2.19. The van der Waals surface area contributed by atoms with E-state index in [1.165, 1.54) is 67.5 Å². The van der Waals surface area contributed by atoms with Gasteiger partial charge >= 0.3 is 0 Å². The molecule has 178 valence electrons. The van der Waals surface area contributed by atoms with Crippen molar-refractivity contribution in [2.45, 2.75) is 57.8 Å². The largest absolute Gasteiger partial charge is 0.351 e. The molecule has 1 amide bonds. The molecule has 2 aliphatic rings. The van der Waals surface area contributed by atoms with Crippen LogP contribution in [0, 0.1) is 0 Å². The first-order chi connectivity index (χ1) is 16.8. The number of carbonyl (C=O) groups excluding carboxylic acids is 1. The molecular formula is C30H37N3O. The minimum atomic E-state index is 0.0241. The van der Waals surface area contributed by atoms with Crippen molar-refractivity contribution in [2.75, 3.05) is 26.2 Å². The number of benzene rings is 2. The van der Waals surface area contributed by atoms with E-state index >= 15 is 0 Å². The third-order valence-corrected chi connectivity index (χ3v) is 7.42. The summed E-state index contributed by atoms with van der Waals surface area (Å²) in [6, 6.07) is 21.2. The van der Waals surface area contributed by atoms with Crippen molar-refractivity contribution in [3.05, 3.63) is 77.5 Å². The van der Waals surface area contributed by atoms with Crippen LogP contribution in [-0.2, 0) is 12.8 Å². The number of likely N-dealkylation sites (tertiary alicyclic amines) is 1. The Balaban J connectivity index is 1.33. The number of carbonyl (C=O) groups is 1. The number of hydrogen-bond donors (Lipinski definition) is 1. The quantitative estimate of drug-likeness (QED) is 0.462. The van der Waals surface area contributed by atoms with Crippen LogP contribution in [-0.4, -0.2) is 41.6 Å². The molecule has 1 fully saturated rings. The number of hydrogen-bond acceptors (Lipinski definition) is 2. The number of aryl methyl sites for hydroxylation is 1. The summed E-state index contributed by atoms with van der Waals surface area (Å²) in [5, 5.41) is 3.13. The SMILES string of the molecule is O=C(NCCN1CCCCCC1)c1ccc(-n2c(-c3ccccc3)cc3c2CCCCC3)cc1. The summed E-state index contributed by atoms with van der Waals surface area (Å²) in [5.74, 6) is 0.0241. The highest BCUT2D eigenvalue weighted by Crippen LogP contribution is 2.33. The van der Waals surface area contributed by atoms with E-state index in [-0.39, 0.29) is 5.91 Å². The number of nitrogens with zero attached hydrogens (tertiary/aromatic N) is 2. The molecular weight excluding hydrogens is 418 g/mol. The summed E-state index contributed by atoms with van der Waals surface area (Å²) in [5.41, 5.74) is 7.29. The molecule has 1 N–H and O–H groups in total. The summed E-state index contributed by atoms with van der Waals surface area (Å²) in [7, 11) is 0. The molecule has 4 nitrogen and oxygen atoms in total. The van der Waals surface area contributed by atoms with Crippen molar-refractivity contribution in [3.63, 3.8) is 0 Å². The van der Waals surface area contributed by atoms with Crippen molar-refractivity contribution in [3.8, 4) is 16.9 Å². The van der Waals surface area contributed by atoms with Crippen molar-refractivity contribution in [1.82, 2.24) is 14.8 Å². The first-order valence-electron chi connectivity index (χ1n) is 13.2. The lowest BCUT2D eigenvalue weighted by Gasteiger charge is -2.19. The number of amides is 1. The summed E-state index contributed by atoms with van der Waals surface area (Å²) in [6.45, 7) is 3.98. The highest BCUT2D eigenvalue weighted by atomic mass is 16.1. The van der Waals surface area contributed by atoms with Crippen molar-refractivity contribution in [1.29, 1.82) is 0 Å². The number of aromatic nitrogens is 1. The van der Waals surface area contributed by atoms with Gasteiger partial charge in [0, 0.05) is 30.0 Å². The van der Waals surface area contributed by atoms with Gasteiger partial charge in [-0.15, -0.1) is 0 Å². The molecule has 0 spiro atoms. The average molecular weight is 456 g/mol. The lowest BCUT2D eigenvalue weighted by Crippen LogP contribution is -2.35. The monoisotopic (exact) mass is 455 g/mol.